The summed E-state index contributed by atoms with van der Waals surface area (Å²) in [5.41, 5.74) is -0.895. The van der Waals surface area contributed by atoms with E-state index in [2.05, 4.69) is 0 Å². The van der Waals surface area contributed by atoms with Crippen LogP contribution in [0.4, 0.5) is 0 Å². The van der Waals surface area contributed by atoms with E-state index in [4.69, 9.17) is 29.4 Å². The summed E-state index contributed by atoms with van der Waals surface area (Å²) in [6, 6.07) is 7.60. The normalized spacial score (nSPS) is 27.0. The van der Waals surface area contributed by atoms with Crippen LogP contribution in [0.5, 0.6) is 34.5 Å². The summed E-state index contributed by atoms with van der Waals surface area (Å²) in [5, 5.41) is 70.7. The summed E-state index contributed by atoms with van der Waals surface area (Å²) >= 11 is 0. The molecule has 4 aromatic carbocycles. The first-order chi connectivity index (χ1) is 31.2. The number of carbonyl (C=O) groups excluding carboxylic acids is 6. The van der Waals surface area contributed by atoms with Gasteiger partial charge < -0.3 is 60.1 Å². The van der Waals surface area contributed by atoms with Crippen LogP contribution in [-0.2, 0) is 36.6 Å². The van der Waals surface area contributed by atoms with Gasteiger partial charge in [0.15, 0.2) is 29.4 Å². The van der Waals surface area contributed by atoms with E-state index in [0.717, 1.165) is 13.8 Å². The van der Waals surface area contributed by atoms with Gasteiger partial charge >= 0.3 is 0 Å². The second-order valence-corrected chi connectivity index (χ2v) is 17.6. The van der Waals surface area contributed by atoms with Gasteiger partial charge in [0.2, 0.25) is 11.6 Å². The Morgan fingerprint density at radius 2 is 1.04 bits per heavy atom. The lowest BCUT2D eigenvalue weighted by atomic mass is 9.72. The summed E-state index contributed by atoms with van der Waals surface area (Å²) in [7, 11) is 2.60. The van der Waals surface area contributed by atoms with Gasteiger partial charge in [-0.1, -0.05) is 24.3 Å². The number of Topliss-reactive ketones (excluding diaryl/α,β-unsaturated/α-hetero) is 2. The molecule has 67 heavy (non-hydrogen) atoms. The van der Waals surface area contributed by atoms with Crippen LogP contribution in [0.2, 0.25) is 0 Å². The van der Waals surface area contributed by atoms with Crippen molar-refractivity contribution >= 4 is 47.1 Å². The standard InChI is InChI=1S/C48H45NO17.ClH/c1-17-46(66-28-16-48(61,19(3)51)14-23-33(28)45(59)37-35(41(23)55)39(53)21-9-7-11-26(63-5)31(21)43(37)57)24(49)12-29(64-17)65-27-15-47(60,18(2)50)13-22-32(27)44(58)36-34(40(22)54)38(52)20-8-6-10-25(62-4)30(20)42(36)56;/h6-11,17,24,27-29,46,54-55,58-61H,12-16,49H2,1-5H3;1H/t17-,24+,27+,28+,29-,46+,47-,48-;/m1./s1. The number of phenolic OH excluding ortho intramolecular Hbond substituents is 4. The molecule has 0 unspecified atom stereocenters. The zero-order valence-corrected chi connectivity index (χ0v) is 37.4. The predicted molar refractivity (Wildman–Crippen MR) is 233 cm³/mol. The molecule has 8 atom stereocenters. The third kappa shape index (κ3) is 6.92. The van der Waals surface area contributed by atoms with Crippen molar-refractivity contribution < 1.29 is 83.1 Å². The van der Waals surface area contributed by atoms with Crippen molar-refractivity contribution in [2.45, 2.75) is 101 Å². The van der Waals surface area contributed by atoms with Crippen molar-refractivity contribution in [3.63, 3.8) is 0 Å². The van der Waals surface area contributed by atoms with Gasteiger partial charge in [-0.15, -0.1) is 12.4 Å². The van der Waals surface area contributed by atoms with E-state index in [0.29, 0.717) is 0 Å². The zero-order valence-electron chi connectivity index (χ0n) is 36.6. The number of halogens is 1. The number of fused-ring (bicyclic) bond motifs is 6. The SMILES string of the molecule is COc1cccc2c1C(=O)c1c(O)c3c(c(O)c1C2=O)C[C@](O)(C(C)=O)C[C@@H]3O[C@@H]1C[C@H](N)[C@@H](O[C@H]2C[C@@](O)(C(C)=O)Cc3c(O)c4c(c(O)c32)C(=O)c2c(OC)cccc2C4=O)[C@@H](C)O1.Cl. The van der Waals surface area contributed by atoms with Crippen LogP contribution in [0.15, 0.2) is 36.4 Å². The molecule has 352 valence electrons. The molecule has 0 saturated carbocycles. The average Bonchev–Trinajstić information content (AvgIpc) is 3.27. The molecule has 1 heterocycles. The molecule has 19 heteroatoms. The molecule has 18 nitrogen and oxygen atoms in total. The second kappa shape index (κ2) is 16.5. The van der Waals surface area contributed by atoms with Crippen molar-refractivity contribution in [3.05, 3.63) is 103 Å². The molecule has 4 aromatic rings. The molecule has 1 fully saturated rings. The zero-order chi connectivity index (χ0) is 47.6. The minimum Gasteiger partial charge on any atom is -0.507 e. The summed E-state index contributed by atoms with van der Waals surface area (Å²) in [4.78, 5) is 82.0. The number of ketones is 6. The highest BCUT2D eigenvalue weighted by molar-refractivity contribution is 6.32. The fourth-order valence-electron chi connectivity index (χ4n) is 10.4. The number of hydrogen-bond donors (Lipinski definition) is 7. The van der Waals surface area contributed by atoms with Gasteiger partial charge in [-0.05, 0) is 32.9 Å². The van der Waals surface area contributed by atoms with Crippen LogP contribution in [0, 0.1) is 0 Å². The molecular weight excluding hydrogens is 898 g/mol. The van der Waals surface area contributed by atoms with E-state index in [-0.39, 0.29) is 74.8 Å². The molecule has 1 saturated heterocycles. The van der Waals surface area contributed by atoms with Crippen LogP contribution < -0.4 is 15.2 Å². The maximum Gasteiger partial charge on any atom is 0.202 e. The van der Waals surface area contributed by atoms with Gasteiger partial charge in [0.1, 0.15) is 45.7 Å². The van der Waals surface area contributed by atoms with Crippen LogP contribution in [0.25, 0.3) is 0 Å². The van der Waals surface area contributed by atoms with Crippen molar-refractivity contribution in [3.8, 4) is 34.5 Å². The Hall–Kier alpha value is -6.25. The fraction of sp³-hybridized carbons (Fsp3) is 0.375. The highest BCUT2D eigenvalue weighted by atomic mass is 35.5. The van der Waals surface area contributed by atoms with E-state index in [1.165, 1.54) is 50.6 Å². The first-order valence-corrected chi connectivity index (χ1v) is 21.1. The molecule has 0 bridgehead atoms. The number of rotatable bonds is 8. The number of ether oxygens (including phenoxy) is 5. The average molecular weight is 944 g/mol. The minimum absolute atomic E-state index is 0. The quantitative estimate of drug-likeness (QED) is 0.107. The Morgan fingerprint density at radius 3 is 1.43 bits per heavy atom. The van der Waals surface area contributed by atoms with Gasteiger partial charge in [-0.3, -0.25) is 28.8 Å². The fourth-order valence-corrected chi connectivity index (χ4v) is 10.4. The van der Waals surface area contributed by atoms with Crippen molar-refractivity contribution in [2.24, 2.45) is 5.73 Å². The van der Waals surface area contributed by atoms with Crippen LogP contribution in [0.1, 0.15) is 138 Å². The van der Waals surface area contributed by atoms with Crippen LogP contribution in [-0.4, -0.2) is 115 Å². The lowest BCUT2D eigenvalue weighted by Crippen LogP contribution is -2.55. The van der Waals surface area contributed by atoms with E-state index >= 15 is 0 Å². The number of carbonyl (C=O) groups is 6. The number of aromatic hydroxyl groups is 4. The Balaban J connectivity index is 0.00000608. The predicted octanol–water partition coefficient (Wildman–Crippen LogP) is 3.68. The third-order valence-electron chi connectivity index (χ3n) is 13.8. The Labute approximate surface area is 387 Å². The van der Waals surface area contributed by atoms with Gasteiger partial charge in [0.25, 0.3) is 0 Å². The summed E-state index contributed by atoms with van der Waals surface area (Å²) < 4.78 is 29.8. The highest BCUT2D eigenvalue weighted by Gasteiger charge is 2.52. The van der Waals surface area contributed by atoms with Crippen molar-refractivity contribution in [1.29, 1.82) is 0 Å². The number of hydrogen-bond acceptors (Lipinski definition) is 18. The first-order valence-electron chi connectivity index (χ1n) is 21.1. The number of methoxy groups -OCH3 is 2. The molecule has 0 radical (unpaired) electrons. The van der Waals surface area contributed by atoms with E-state index in [1.807, 2.05) is 0 Å². The van der Waals surface area contributed by atoms with Crippen LogP contribution >= 0.6 is 12.4 Å². The molecule has 0 spiro atoms. The molecule has 8 N–H and O–H groups in total. The maximum absolute atomic E-state index is 14.1. The van der Waals surface area contributed by atoms with E-state index < -0.39 is 154 Å². The Morgan fingerprint density at radius 1 is 0.642 bits per heavy atom. The molecule has 0 aromatic heterocycles. The first kappa shape index (κ1) is 47.3. The minimum atomic E-state index is -2.18. The monoisotopic (exact) mass is 943 g/mol. The second-order valence-electron chi connectivity index (χ2n) is 17.6. The molecule has 0 amide bonds. The van der Waals surface area contributed by atoms with Gasteiger partial charge in [0, 0.05) is 71.5 Å². The van der Waals surface area contributed by atoms with E-state index in [1.54, 1.807) is 6.92 Å². The molecule has 9 rings (SSSR count). The van der Waals surface area contributed by atoms with Crippen molar-refractivity contribution in [2.75, 3.05) is 14.2 Å². The van der Waals surface area contributed by atoms with Gasteiger partial charge in [0.05, 0.1) is 72.0 Å². The molecule has 1 aliphatic heterocycles. The summed E-state index contributed by atoms with van der Waals surface area (Å²) in [6.07, 6.45) is -8.57. The van der Waals surface area contributed by atoms with Crippen LogP contribution in [0.3, 0.4) is 0 Å². The largest absolute Gasteiger partial charge is 0.507 e. The third-order valence-corrected chi connectivity index (χ3v) is 13.8. The highest BCUT2D eigenvalue weighted by Crippen LogP contribution is 2.55. The summed E-state index contributed by atoms with van der Waals surface area (Å²) in [5.74, 6) is -7.51. The lowest BCUT2D eigenvalue weighted by Gasteiger charge is -2.45. The smallest absolute Gasteiger partial charge is 0.202 e. The van der Waals surface area contributed by atoms with Crippen molar-refractivity contribution in [1.82, 2.24) is 0 Å². The number of benzene rings is 4. The lowest BCUT2D eigenvalue weighted by molar-refractivity contribution is -0.260. The summed E-state index contributed by atoms with van der Waals surface area (Å²) in [6.45, 7) is 3.80. The number of nitrogens with two attached hydrogens (primary N) is 1. The Bertz CT molecular complexity index is 2880. The van der Waals surface area contributed by atoms with Gasteiger partial charge in [-0.25, -0.2) is 0 Å². The number of phenols is 4. The molecule has 4 aliphatic carbocycles. The van der Waals surface area contributed by atoms with E-state index in [9.17, 15) is 59.4 Å². The molecule has 5 aliphatic rings. The maximum atomic E-state index is 14.1. The topological polar surface area (TPSA) is 296 Å². The Kier molecular flexibility index (Phi) is 11.6. The molecular formula is C48H46ClNO17. The van der Waals surface area contributed by atoms with Gasteiger partial charge in [-0.2, -0.15) is 0 Å². The number of aliphatic hydroxyl groups is 2.